The summed E-state index contributed by atoms with van der Waals surface area (Å²) in [5, 5.41) is 6.46. The second kappa shape index (κ2) is 6.00. The molecule has 4 rings (SSSR count). The Hall–Kier alpha value is -2.82. The lowest BCUT2D eigenvalue weighted by Gasteiger charge is -2.21. The summed E-state index contributed by atoms with van der Waals surface area (Å²) >= 11 is 0. The number of amides is 1. The van der Waals surface area contributed by atoms with Gasteiger partial charge in [-0.2, -0.15) is 0 Å². The normalized spacial score (nSPS) is 13.4. The first-order valence-electron chi connectivity index (χ1n) is 8.26. The summed E-state index contributed by atoms with van der Waals surface area (Å²) in [7, 11) is 1.95. The number of benzene rings is 2. The standard InChI is InChI=1S/C19H20N4O/c1-23-12-22-17-10-13(7-8-18(17)23)19(24)21-11-14-4-2-6-16-15(14)5-3-9-20-16/h2,4,6-8,10,12,20H,3,5,9,11H2,1H3,(H,21,24). The summed E-state index contributed by atoms with van der Waals surface area (Å²) < 4.78 is 1.94. The van der Waals surface area contributed by atoms with Crippen LogP contribution in [0.25, 0.3) is 11.0 Å². The van der Waals surface area contributed by atoms with E-state index >= 15 is 0 Å². The van der Waals surface area contributed by atoms with Crippen LogP contribution in [0.5, 0.6) is 0 Å². The second-order valence-electron chi connectivity index (χ2n) is 6.22. The van der Waals surface area contributed by atoms with Crippen molar-refractivity contribution in [3.63, 3.8) is 0 Å². The van der Waals surface area contributed by atoms with E-state index in [2.05, 4.69) is 27.8 Å². The first-order valence-corrected chi connectivity index (χ1v) is 8.26. The molecule has 3 aromatic rings. The predicted octanol–water partition coefficient (Wildman–Crippen LogP) is 2.86. The number of hydrogen-bond acceptors (Lipinski definition) is 3. The minimum atomic E-state index is -0.0658. The monoisotopic (exact) mass is 320 g/mol. The molecule has 2 aromatic carbocycles. The topological polar surface area (TPSA) is 59.0 Å². The highest BCUT2D eigenvalue weighted by molar-refractivity contribution is 5.97. The molecule has 122 valence electrons. The number of anilines is 1. The van der Waals surface area contributed by atoms with Crippen molar-refractivity contribution in [3.05, 3.63) is 59.4 Å². The fourth-order valence-electron chi connectivity index (χ4n) is 3.30. The van der Waals surface area contributed by atoms with Crippen LogP contribution < -0.4 is 10.6 Å². The van der Waals surface area contributed by atoms with Crippen molar-refractivity contribution in [1.29, 1.82) is 0 Å². The lowest BCUT2D eigenvalue weighted by atomic mass is 9.97. The Morgan fingerprint density at radius 2 is 2.25 bits per heavy atom. The molecule has 0 saturated heterocycles. The number of imidazole rings is 1. The first kappa shape index (κ1) is 14.8. The molecule has 2 N–H and O–H groups in total. The second-order valence-corrected chi connectivity index (χ2v) is 6.22. The highest BCUT2D eigenvalue weighted by Crippen LogP contribution is 2.25. The lowest BCUT2D eigenvalue weighted by Crippen LogP contribution is -2.24. The Morgan fingerprint density at radius 1 is 1.33 bits per heavy atom. The van der Waals surface area contributed by atoms with Crippen molar-refractivity contribution >= 4 is 22.6 Å². The van der Waals surface area contributed by atoms with Gasteiger partial charge in [0.05, 0.1) is 17.4 Å². The third-order valence-corrected chi connectivity index (χ3v) is 4.62. The number of carbonyl (C=O) groups excluding carboxylic acids is 1. The van der Waals surface area contributed by atoms with Gasteiger partial charge in [-0.25, -0.2) is 4.98 Å². The highest BCUT2D eigenvalue weighted by Gasteiger charge is 2.14. The van der Waals surface area contributed by atoms with Crippen LogP contribution in [0, 0.1) is 0 Å². The van der Waals surface area contributed by atoms with Gasteiger partial charge in [0, 0.05) is 31.4 Å². The van der Waals surface area contributed by atoms with Crippen LogP contribution in [0.4, 0.5) is 5.69 Å². The zero-order valence-electron chi connectivity index (χ0n) is 13.7. The molecule has 0 aliphatic carbocycles. The van der Waals surface area contributed by atoms with Gasteiger partial charge in [0.1, 0.15) is 0 Å². The first-order chi connectivity index (χ1) is 11.7. The average molecular weight is 320 g/mol. The Kier molecular flexibility index (Phi) is 3.69. The van der Waals surface area contributed by atoms with Crippen LogP contribution in [0.2, 0.25) is 0 Å². The molecule has 24 heavy (non-hydrogen) atoms. The molecule has 1 aliphatic rings. The Labute approximate surface area is 140 Å². The maximum atomic E-state index is 12.5. The van der Waals surface area contributed by atoms with E-state index in [1.54, 1.807) is 6.33 Å². The van der Waals surface area contributed by atoms with Gasteiger partial charge in [0.15, 0.2) is 0 Å². The summed E-state index contributed by atoms with van der Waals surface area (Å²) in [5.41, 5.74) is 6.21. The van der Waals surface area contributed by atoms with Gasteiger partial charge in [0.25, 0.3) is 5.91 Å². The van der Waals surface area contributed by atoms with Gasteiger partial charge in [-0.15, -0.1) is 0 Å². The quantitative estimate of drug-likeness (QED) is 0.780. The van der Waals surface area contributed by atoms with Gasteiger partial charge in [-0.05, 0) is 48.2 Å². The third kappa shape index (κ3) is 2.62. The molecule has 5 nitrogen and oxygen atoms in total. The van der Waals surface area contributed by atoms with Gasteiger partial charge >= 0.3 is 0 Å². The molecule has 0 fully saturated rings. The van der Waals surface area contributed by atoms with E-state index < -0.39 is 0 Å². The van der Waals surface area contributed by atoms with Gasteiger partial charge < -0.3 is 15.2 Å². The predicted molar refractivity (Wildman–Crippen MR) is 95.1 cm³/mol. The largest absolute Gasteiger partial charge is 0.385 e. The molecule has 0 spiro atoms. The molecule has 5 heteroatoms. The van der Waals surface area contributed by atoms with E-state index in [4.69, 9.17) is 0 Å². The molecule has 1 aliphatic heterocycles. The van der Waals surface area contributed by atoms with Crippen LogP contribution in [0.1, 0.15) is 27.9 Å². The summed E-state index contributed by atoms with van der Waals surface area (Å²) in [6.45, 7) is 1.57. The molecular formula is C19H20N4O. The number of nitrogens with one attached hydrogen (secondary N) is 2. The van der Waals surface area contributed by atoms with Crippen LogP contribution >= 0.6 is 0 Å². The Balaban J connectivity index is 1.52. The van der Waals surface area contributed by atoms with Crippen LogP contribution in [0.3, 0.4) is 0 Å². The maximum Gasteiger partial charge on any atom is 0.251 e. The minimum absolute atomic E-state index is 0.0658. The zero-order chi connectivity index (χ0) is 16.5. The number of fused-ring (bicyclic) bond motifs is 2. The number of aromatic nitrogens is 2. The fourth-order valence-corrected chi connectivity index (χ4v) is 3.30. The van der Waals surface area contributed by atoms with E-state index in [1.165, 1.54) is 16.8 Å². The van der Waals surface area contributed by atoms with Crippen LogP contribution in [-0.2, 0) is 20.0 Å². The van der Waals surface area contributed by atoms with Crippen molar-refractivity contribution < 1.29 is 4.79 Å². The molecular weight excluding hydrogens is 300 g/mol. The molecule has 2 heterocycles. The molecule has 1 aromatic heterocycles. The number of hydrogen-bond donors (Lipinski definition) is 2. The third-order valence-electron chi connectivity index (χ3n) is 4.62. The van der Waals surface area contributed by atoms with E-state index in [0.29, 0.717) is 12.1 Å². The Bertz CT molecular complexity index is 913. The Morgan fingerprint density at radius 3 is 3.17 bits per heavy atom. The minimum Gasteiger partial charge on any atom is -0.385 e. The van der Waals surface area contributed by atoms with Crippen molar-refractivity contribution in [2.45, 2.75) is 19.4 Å². The van der Waals surface area contributed by atoms with Crippen molar-refractivity contribution in [1.82, 2.24) is 14.9 Å². The van der Waals surface area contributed by atoms with Gasteiger partial charge in [-0.1, -0.05) is 12.1 Å². The van der Waals surface area contributed by atoms with E-state index in [-0.39, 0.29) is 5.91 Å². The average Bonchev–Trinajstić information content (AvgIpc) is 3.00. The van der Waals surface area contributed by atoms with E-state index in [0.717, 1.165) is 30.4 Å². The summed E-state index contributed by atoms with van der Waals surface area (Å²) in [6.07, 6.45) is 3.96. The number of aryl methyl sites for hydroxylation is 1. The number of rotatable bonds is 3. The summed E-state index contributed by atoms with van der Waals surface area (Å²) in [5.74, 6) is -0.0658. The molecule has 0 bridgehead atoms. The number of carbonyl (C=O) groups is 1. The summed E-state index contributed by atoms with van der Waals surface area (Å²) in [4.78, 5) is 16.8. The van der Waals surface area contributed by atoms with Crippen molar-refractivity contribution in [3.8, 4) is 0 Å². The molecule has 0 atom stereocenters. The van der Waals surface area contributed by atoms with Gasteiger partial charge in [0.2, 0.25) is 0 Å². The highest BCUT2D eigenvalue weighted by atomic mass is 16.1. The van der Waals surface area contributed by atoms with E-state index in [1.807, 2.05) is 35.9 Å². The van der Waals surface area contributed by atoms with Crippen LogP contribution in [-0.4, -0.2) is 22.0 Å². The maximum absolute atomic E-state index is 12.5. The number of nitrogens with zero attached hydrogens (tertiary/aromatic N) is 2. The fraction of sp³-hybridized carbons (Fsp3) is 0.263. The molecule has 0 radical (unpaired) electrons. The SMILES string of the molecule is Cn1cnc2cc(C(=O)NCc3cccc4c3CCCN4)ccc21. The van der Waals surface area contributed by atoms with Gasteiger partial charge in [-0.3, -0.25) is 4.79 Å². The molecule has 0 unspecified atom stereocenters. The molecule has 0 saturated carbocycles. The zero-order valence-corrected chi connectivity index (χ0v) is 13.7. The van der Waals surface area contributed by atoms with Crippen molar-refractivity contribution in [2.75, 3.05) is 11.9 Å². The van der Waals surface area contributed by atoms with Crippen molar-refractivity contribution in [2.24, 2.45) is 7.05 Å². The lowest BCUT2D eigenvalue weighted by molar-refractivity contribution is 0.0951. The van der Waals surface area contributed by atoms with Crippen LogP contribution in [0.15, 0.2) is 42.7 Å². The molecule has 1 amide bonds. The summed E-state index contributed by atoms with van der Waals surface area (Å²) in [6, 6.07) is 11.9. The smallest absolute Gasteiger partial charge is 0.251 e. The van der Waals surface area contributed by atoms with E-state index in [9.17, 15) is 4.79 Å².